The second kappa shape index (κ2) is 7.58. The lowest BCUT2D eigenvalue weighted by molar-refractivity contribution is -0.152. The standard InChI is InChI=1S/C14H12Cl2N2O3S/c1-8(21-12(19)4-9-2-3-22-7-9)14(20)18-13-11(16)5-10(15)6-17-13/h2-3,5-8H,4H2,1H3,(H,17,18,20). The molecule has 5 nitrogen and oxygen atoms in total. The van der Waals surface area contributed by atoms with Crippen LogP contribution in [0.15, 0.2) is 29.1 Å². The van der Waals surface area contributed by atoms with Crippen molar-refractivity contribution in [2.45, 2.75) is 19.4 Å². The van der Waals surface area contributed by atoms with E-state index in [9.17, 15) is 9.59 Å². The van der Waals surface area contributed by atoms with Crippen LogP contribution in [0, 0.1) is 0 Å². The van der Waals surface area contributed by atoms with E-state index in [-0.39, 0.29) is 17.3 Å². The van der Waals surface area contributed by atoms with Crippen LogP contribution in [0.4, 0.5) is 5.82 Å². The van der Waals surface area contributed by atoms with Crippen LogP contribution in [0.25, 0.3) is 0 Å². The number of thiophene rings is 1. The maximum atomic E-state index is 12.0. The van der Waals surface area contributed by atoms with E-state index in [1.807, 2.05) is 16.8 Å². The number of hydrogen-bond donors (Lipinski definition) is 1. The summed E-state index contributed by atoms with van der Waals surface area (Å²) in [5.41, 5.74) is 0.852. The summed E-state index contributed by atoms with van der Waals surface area (Å²) in [4.78, 5) is 27.6. The van der Waals surface area contributed by atoms with Gasteiger partial charge in [0, 0.05) is 6.20 Å². The van der Waals surface area contributed by atoms with Gasteiger partial charge in [-0.3, -0.25) is 9.59 Å². The molecule has 0 saturated carbocycles. The number of nitrogens with zero attached hydrogens (tertiary/aromatic N) is 1. The van der Waals surface area contributed by atoms with Crippen molar-refractivity contribution in [3.05, 3.63) is 44.7 Å². The molecule has 2 aromatic heterocycles. The van der Waals surface area contributed by atoms with Crippen LogP contribution in [-0.4, -0.2) is 23.0 Å². The van der Waals surface area contributed by atoms with Crippen molar-refractivity contribution in [2.24, 2.45) is 0 Å². The van der Waals surface area contributed by atoms with E-state index in [4.69, 9.17) is 27.9 Å². The summed E-state index contributed by atoms with van der Waals surface area (Å²) in [5.74, 6) is -0.830. The van der Waals surface area contributed by atoms with E-state index in [0.717, 1.165) is 5.56 Å². The Labute approximate surface area is 141 Å². The lowest BCUT2D eigenvalue weighted by Crippen LogP contribution is -2.30. The first-order valence-corrected chi connectivity index (χ1v) is 7.98. The van der Waals surface area contributed by atoms with Crippen LogP contribution >= 0.6 is 34.5 Å². The Morgan fingerprint density at radius 3 is 2.86 bits per heavy atom. The van der Waals surface area contributed by atoms with E-state index in [1.54, 1.807) is 0 Å². The minimum absolute atomic E-state index is 0.126. The Morgan fingerprint density at radius 2 is 2.23 bits per heavy atom. The molecule has 0 fully saturated rings. The predicted molar refractivity (Wildman–Crippen MR) is 86.5 cm³/mol. The molecule has 0 radical (unpaired) electrons. The molecule has 1 atom stereocenters. The van der Waals surface area contributed by atoms with Crippen molar-refractivity contribution in [1.29, 1.82) is 0 Å². The quantitative estimate of drug-likeness (QED) is 0.829. The lowest BCUT2D eigenvalue weighted by Gasteiger charge is -2.13. The van der Waals surface area contributed by atoms with Crippen LogP contribution in [0.5, 0.6) is 0 Å². The molecule has 0 spiro atoms. The third-order valence-electron chi connectivity index (χ3n) is 2.66. The summed E-state index contributed by atoms with van der Waals surface area (Å²) in [5, 5.41) is 6.77. The molecule has 1 amide bonds. The minimum atomic E-state index is -0.959. The number of halogens is 2. The van der Waals surface area contributed by atoms with Gasteiger partial charge in [-0.25, -0.2) is 4.98 Å². The van der Waals surface area contributed by atoms with Crippen LogP contribution < -0.4 is 5.32 Å². The summed E-state index contributed by atoms with van der Waals surface area (Å²) in [6.07, 6.45) is 0.525. The Bertz CT molecular complexity index is 677. The van der Waals surface area contributed by atoms with Crippen LogP contribution in [-0.2, 0) is 20.7 Å². The SMILES string of the molecule is CC(OC(=O)Cc1ccsc1)C(=O)Nc1ncc(Cl)cc1Cl. The normalized spacial score (nSPS) is 11.8. The van der Waals surface area contributed by atoms with Crippen molar-refractivity contribution >= 4 is 52.2 Å². The molecular weight excluding hydrogens is 347 g/mol. The van der Waals surface area contributed by atoms with Crippen molar-refractivity contribution in [1.82, 2.24) is 4.98 Å². The number of rotatable bonds is 5. The number of pyridine rings is 1. The summed E-state index contributed by atoms with van der Waals surface area (Å²) in [6, 6.07) is 3.28. The van der Waals surface area contributed by atoms with Gasteiger partial charge in [0.1, 0.15) is 0 Å². The molecule has 0 aromatic carbocycles. The number of amides is 1. The molecule has 2 rings (SSSR count). The van der Waals surface area contributed by atoms with E-state index in [1.165, 1.54) is 30.5 Å². The highest BCUT2D eigenvalue weighted by Gasteiger charge is 2.19. The van der Waals surface area contributed by atoms with Crippen LogP contribution in [0.1, 0.15) is 12.5 Å². The summed E-state index contributed by atoms with van der Waals surface area (Å²) >= 11 is 13.1. The lowest BCUT2D eigenvalue weighted by atomic mass is 10.2. The molecule has 0 bridgehead atoms. The van der Waals surface area contributed by atoms with Crippen LogP contribution in [0.2, 0.25) is 10.0 Å². The molecule has 1 N–H and O–H groups in total. The maximum absolute atomic E-state index is 12.0. The third kappa shape index (κ3) is 4.69. The van der Waals surface area contributed by atoms with Gasteiger partial charge in [0.15, 0.2) is 11.9 Å². The predicted octanol–water partition coefficient (Wildman–Crippen LogP) is 3.56. The molecular formula is C14H12Cl2N2O3S. The number of aromatic nitrogens is 1. The fourth-order valence-corrected chi connectivity index (χ4v) is 2.67. The second-order valence-electron chi connectivity index (χ2n) is 4.41. The number of carbonyl (C=O) groups is 2. The first-order chi connectivity index (χ1) is 10.5. The molecule has 116 valence electrons. The molecule has 0 aliphatic carbocycles. The van der Waals surface area contributed by atoms with Crippen molar-refractivity contribution in [3.63, 3.8) is 0 Å². The van der Waals surface area contributed by atoms with E-state index in [2.05, 4.69) is 10.3 Å². The molecule has 1 unspecified atom stereocenters. The molecule has 2 heterocycles. The van der Waals surface area contributed by atoms with Gasteiger partial charge in [-0.2, -0.15) is 11.3 Å². The minimum Gasteiger partial charge on any atom is -0.452 e. The number of anilines is 1. The first kappa shape index (κ1) is 16.7. The molecule has 0 aliphatic heterocycles. The van der Waals surface area contributed by atoms with Crippen molar-refractivity contribution in [2.75, 3.05) is 5.32 Å². The van der Waals surface area contributed by atoms with Gasteiger partial charge in [0.25, 0.3) is 5.91 Å². The van der Waals surface area contributed by atoms with Gasteiger partial charge >= 0.3 is 5.97 Å². The number of ether oxygens (including phenoxy) is 1. The van der Waals surface area contributed by atoms with Crippen molar-refractivity contribution < 1.29 is 14.3 Å². The maximum Gasteiger partial charge on any atom is 0.311 e. The second-order valence-corrected chi connectivity index (χ2v) is 6.04. The highest BCUT2D eigenvalue weighted by atomic mass is 35.5. The summed E-state index contributed by atoms with van der Waals surface area (Å²) in [6.45, 7) is 1.48. The number of esters is 1. The molecule has 0 saturated heterocycles. The highest BCUT2D eigenvalue weighted by molar-refractivity contribution is 7.08. The molecule has 0 aliphatic rings. The first-order valence-electron chi connectivity index (χ1n) is 6.28. The van der Waals surface area contributed by atoms with Gasteiger partial charge in [-0.15, -0.1) is 0 Å². The topological polar surface area (TPSA) is 68.3 Å². The zero-order valence-electron chi connectivity index (χ0n) is 11.5. The summed E-state index contributed by atoms with van der Waals surface area (Å²) < 4.78 is 5.08. The Kier molecular flexibility index (Phi) is 5.76. The number of carbonyl (C=O) groups excluding carboxylic acids is 2. The number of nitrogens with one attached hydrogen (secondary N) is 1. The van der Waals surface area contributed by atoms with E-state index >= 15 is 0 Å². The van der Waals surface area contributed by atoms with Gasteiger partial charge < -0.3 is 10.1 Å². The average molecular weight is 359 g/mol. The zero-order chi connectivity index (χ0) is 16.1. The van der Waals surface area contributed by atoms with Gasteiger partial charge in [0.05, 0.1) is 16.5 Å². The fraction of sp³-hybridized carbons (Fsp3) is 0.214. The molecule has 2 aromatic rings. The molecule has 22 heavy (non-hydrogen) atoms. The molecule has 8 heteroatoms. The van der Waals surface area contributed by atoms with E-state index < -0.39 is 18.0 Å². The van der Waals surface area contributed by atoms with E-state index in [0.29, 0.717) is 5.02 Å². The Balaban J connectivity index is 1.90. The monoisotopic (exact) mass is 358 g/mol. The van der Waals surface area contributed by atoms with Crippen molar-refractivity contribution in [3.8, 4) is 0 Å². The van der Waals surface area contributed by atoms with Crippen LogP contribution in [0.3, 0.4) is 0 Å². The largest absolute Gasteiger partial charge is 0.452 e. The fourth-order valence-electron chi connectivity index (χ4n) is 1.58. The van der Waals surface area contributed by atoms with Gasteiger partial charge in [-0.1, -0.05) is 23.2 Å². The Hall–Kier alpha value is -1.63. The smallest absolute Gasteiger partial charge is 0.311 e. The van der Waals surface area contributed by atoms with Gasteiger partial charge in [0.2, 0.25) is 0 Å². The Morgan fingerprint density at radius 1 is 1.45 bits per heavy atom. The van der Waals surface area contributed by atoms with Gasteiger partial charge in [-0.05, 0) is 35.4 Å². The summed E-state index contributed by atoms with van der Waals surface area (Å²) in [7, 11) is 0. The third-order valence-corrected chi connectivity index (χ3v) is 3.88. The average Bonchev–Trinajstić information content (AvgIpc) is 2.94. The number of hydrogen-bond acceptors (Lipinski definition) is 5. The highest BCUT2D eigenvalue weighted by Crippen LogP contribution is 2.22. The zero-order valence-corrected chi connectivity index (χ0v) is 13.8.